The van der Waals surface area contributed by atoms with Gasteiger partial charge in [0.25, 0.3) is 0 Å². The number of rotatable bonds is 14. The van der Waals surface area contributed by atoms with Crippen molar-refractivity contribution >= 4 is 70.9 Å². The Hall–Kier alpha value is -10.5. The third-order valence-electron chi connectivity index (χ3n) is 19.8. The van der Waals surface area contributed by atoms with Crippen LogP contribution in [0.25, 0.3) is 11.1 Å². The molecule has 17 N–H and O–H groups in total. The number of alkyl carbamates (subject to hydrolysis) is 1. The zero-order chi connectivity index (χ0) is 83.8. The predicted octanol–water partition coefficient (Wildman–Crippen LogP) is 4.64. The lowest BCUT2D eigenvalue weighted by Crippen LogP contribution is -2.64. The number of phenols is 3. The van der Waals surface area contributed by atoms with E-state index in [-0.39, 0.29) is 45.6 Å². The second-order valence-electron chi connectivity index (χ2n) is 31.5. The first kappa shape index (κ1) is 85.9. The topological polar surface area (TPSA) is 536 Å². The minimum Gasteiger partial charge on any atom is -0.508 e. The molecule has 7 aliphatic rings. The van der Waals surface area contributed by atoms with Crippen LogP contribution in [-0.4, -0.2) is 213 Å². The average molecular weight is 1610 g/mol. The second-order valence-corrected chi connectivity index (χ2v) is 31.9. The van der Waals surface area contributed by atoms with E-state index >= 15 is 24.0 Å². The number of carboxylic acids is 1. The maximum absolute atomic E-state index is 16.5. The number of carbonyl (C=O) groups excluding carboxylic acids is 9. The van der Waals surface area contributed by atoms with Crippen molar-refractivity contribution in [2.24, 2.45) is 17.6 Å². The van der Waals surface area contributed by atoms with Gasteiger partial charge in [0.05, 0.1) is 35.1 Å². The molecule has 12 rings (SSSR count). The summed E-state index contributed by atoms with van der Waals surface area (Å²) >= 11 is 7.11. The molecule has 616 valence electrons. The van der Waals surface area contributed by atoms with Gasteiger partial charge < -0.3 is 121 Å². The Morgan fingerprint density at radius 3 is 2.00 bits per heavy atom. The summed E-state index contributed by atoms with van der Waals surface area (Å²) in [4.78, 5) is 150. The quantitative estimate of drug-likeness (QED) is 0.0720. The van der Waals surface area contributed by atoms with Crippen LogP contribution >= 0.6 is 11.6 Å². The van der Waals surface area contributed by atoms with Crippen molar-refractivity contribution in [1.82, 2.24) is 31.5 Å². The molecule has 0 aliphatic carbocycles. The number of Topliss-reactive ketones (excluding diaryl/α,β-unsaturated/α-hetero) is 2. The van der Waals surface area contributed by atoms with Crippen LogP contribution in [0.4, 0.5) is 9.59 Å². The molecule has 7 aliphatic heterocycles. The molecule has 36 heteroatoms. The van der Waals surface area contributed by atoms with Gasteiger partial charge in [0.15, 0.2) is 35.4 Å². The van der Waals surface area contributed by atoms with Crippen LogP contribution in [0.3, 0.4) is 0 Å². The Labute approximate surface area is 658 Å². The van der Waals surface area contributed by atoms with Gasteiger partial charge in [0.1, 0.15) is 107 Å². The monoisotopic (exact) mass is 1610 g/mol. The summed E-state index contributed by atoms with van der Waals surface area (Å²) in [5.41, 5.74) is -0.428. The summed E-state index contributed by atoms with van der Waals surface area (Å²) in [5, 5.41) is 127. The van der Waals surface area contributed by atoms with Crippen LogP contribution in [0.5, 0.6) is 46.0 Å². The SMILES string of the molecule is CC(C)C[C@H](C(=O)N[C@H]1C(=O)C[C@@H](CC(N)=O)C(=O)N[C@H]2C(=O)C[C@H]3C(=O)N[C@H](C(=O)N[C@H](C(=O)O)c4cc(O)cc(O)c4-c4cc3ccc4O)[C@H](OC3CC(C)(NC(=O)OC(C)(C)C)C(O)C(C)O3)c3ccc(cc3)Oc3cc2cc(c3OC2OC(CO)C(O)C(O)C2O)Oc2ccc(cc2Cl)[C@H]1O)N(C)C(=O)OC(C)(C)C. The van der Waals surface area contributed by atoms with Gasteiger partial charge in [-0.05, 0) is 145 Å². The molecule has 7 amide bonds. The van der Waals surface area contributed by atoms with Crippen molar-refractivity contribution in [3.05, 3.63) is 118 Å². The number of carbonyl (C=O) groups is 10. The molecule has 5 aromatic carbocycles. The highest BCUT2D eigenvalue weighted by atomic mass is 35.5. The number of amides is 7. The number of nitrogens with zero attached hydrogens (tertiary/aromatic N) is 1. The molecule has 0 saturated carbocycles. The predicted molar refractivity (Wildman–Crippen MR) is 397 cm³/mol. The second kappa shape index (κ2) is 34.3. The van der Waals surface area contributed by atoms with Gasteiger partial charge in [-0.3, -0.25) is 38.5 Å². The maximum atomic E-state index is 16.5. The number of primary amides is 1. The number of benzene rings is 5. The zero-order valence-electron chi connectivity index (χ0n) is 63.9. The Bertz CT molecular complexity index is 4530. The summed E-state index contributed by atoms with van der Waals surface area (Å²) in [5.74, 6) is -19.5. The van der Waals surface area contributed by atoms with E-state index in [2.05, 4.69) is 26.6 Å². The van der Waals surface area contributed by atoms with E-state index in [1.165, 1.54) is 57.3 Å². The molecule has 7 heterocycles. The number of aliphatic hydroxyl groups excluding tert-OH is 6. The van der Waals surface area contributed by atoms with E-state index < -0.39 is 268 Å². The van der Waals surface area contributed by atoms with Gasteiger partial charge in [-0.15, -0.1) is 0 Å². The standard InChI is InChI=1S/C78H94ClN7O28/c1-32(2)20-45(86(11)75(106)114-77(7,8)9)70(101)83-59-48(91)23-38(26-54(80)93)68(99)81-57-37-24-51(66(112-73-64(97)63(96)62(95)53(31-87)110-73)52(25-37)109-50-19-15-36(61(59)94)22-44(50)79)108-40-16-12-34(13-17-40)65(111-55-30-78(10,67(98)33(3)107-55)85-74(105)113-76(4,5)6)60-71(102)82-58(72(103)104)43-27-39(88)28-47(90)56(43)42-21-35(14-18-46(42)89)41(29-49(57)92)69(100)84-60/h12-19,21-22,24-25,27-28,32-33,38,41,45,53,55,57-65,67,73,87-90,94-98H,20,23,26,29-31H2,1-11H3,(H2,80,93)(H,81,99)(H,82,102)(H,83,101)(H,84,100)(H,85,105)(H,103,104)/t33?,38-,41+,45+,53?,55?,57+,58-,59-,60-,61+,62?,63?,64?,65+,67?,73?,78?/m0/s1. The molecule has 18 atom stereocenters. The fourth-order valence-electron chi connectivity index (χ4n) is 14.1. The van der Waals surface area contributed by atoms with Crippen LogP contribution in [0.2, 0.25) is 5.02 Å². The lowest BCUT2D eigenvalue weighted by molar-refractivity contribution is -0.277. The Kier molecular flexibility index (Phi) is 25.9. The van der Waals surface area contributed by atoms with Crippen LogP contribution in [0, 0.1) is 11.8 Å². The summed E-state index contributed by atoms with van der Waals surface area (Å²) in [6.45, 7) is 14.9. The Morgan fingerprint density at radius 2 is 1.38 bits per heavy atom. The number of halogens is 1. The van der Waals surface area contributed by atoms with Crippen LogP contribution in [-0.2, 0) is 62.0 Å². The van der Waals surface area contributed by atoms with E-state index in [1.54, 1.807) is 55.4 Å². The average Bonchev–Trinajstić information content (AvgIpc) is 0.766. The summed E-state index contributed by atoms with van der Waals surface area (Å²) < 4.78 is 49.7. The number of hydrogen-bond acceptors (Lipinski definition) is 27. The van der Waals surface area contributed by atoms with Crippen LogP contribution in [0.15, 0.2) is 84.9 Å². The summed E-state index contributed by atoms with van der Waals surface area (Å²) in [6, 6.07) is 5.35. The number of nitrogens with two attached hydrogens (primary N) is 1. The number of phenolic OH excluding ortho intramolecular Hbond substituents is 3. The lowest BCUT2D eigenvalue weighted by Gasteiger charge is -2.46. The molecule has 0 spiro atoms. The van der Waals surface area contributed by atoms with E-state index in [4.69, 9.17) is 55.2 Å². The maximum Gasteiger partial charge on any atom is 0.410 e. The highest BCUT2D eigenvalue weighted by molar-refractivity contribution is 6.32. The van der Waals surface area contributed by atoms with Crippen LogP contribution < -0.4 is 46.5 Å². The van der Waals surface area contributed by atoms with Crippen molar-refractivity contribution in [3.8, 4) is 57.1 Å². The molecule has 2 fully saturated rings. The first-order chi connectivity index (χ1) is 53.3. The number of hydrogen-bond donors (Lipinski definition) is 16. The molecule has 11 bridgehead atoms. The van der Waals surface area contributed by atoms with E-state index in [0.717, 1.165) is 53.4 Å². The third-order valence-corrected chi connectivity index (χ3v) is 20.1. The van der Waals surface area contributed by atoms with Gasteiger partial charge in [0.2, 0.25) is 41.6 Å². The van der Waals surface area contributed by atoms with Crippen molar-refractivity contribution in [2.75, 3.05) is 13.7 Å². The third kappa shape index (κ3) is 19.5. The number of aliphatic carboxylic acids is 1. The van der Waals surface area contributed by atoms with E-state index in [1.807, 2.05) is 0 Å². The number of likely N-dealkylation sites (N-methyl/N-ethyl adjacent to an activating group) is 1. The highest BCUT2D eigenvalue weighted by Crippen LogP contribution is 2.50. The van der Waals surface area contributed by atoms with Gasteiger partial charge >= 0.3 is 18.2 Å². The molecule has 114 heavy (non-hydrogen) atoms. The number of aliphatic hydroxyl groups is 6. The Balaban J connectivity index is 1.23. The Morgan fingerprint density at radius 1 is 0.728 bits per heavy atom. The number of nitrogens with one attached hydrogen (secondary N) is 5. The molecule has 35 nitrogen and oxygen atoms in total. The zero-order valence-corrected chi connectivity index (χ0v) is 64.7. The number of carboxylic acid groups (broad SMARTS) is 1. The molecular formula is C78H94ClN7O28. The van der Waals surface area contributed by atoms with Gasteiger partial charge in [0, 0.05) is 55.5 Å². The molecule has 9 unspecified atom stereocenters. The first-order valence-corrected chi connectivity index (χ1v) is 36.9. The van der Waals surface area contributed by atoms with Crippen molar-refractivity contribution in [2.45, 2.75) is 216 Å². The van der Waals surface area contributed by atoms with Crippen LogP contribution in [0.1, 0.15) is 159 Å². The molecule has 0 aromatic heterocycles. The minimum absolute atomic E-state index is 0.0451. The lowest BCUT2D eigenvalue weighted by atomic mass is 9.84. The number of ketones is 2. The number of fused-ring (bicyclic) bond motifs is 15. The smallest absolute Gasteiger partial charge is 0.410 e. The van der Waals surface area contributed by atoms with Crippen molar-refractivity contribution in [1.29, 1.82) is 0 Å². The van der Waals surface area contributed by atoms with Gasteiger partial charge in [-0.2, -0.15) is 0 Å². The molecule has 5 aromatic rings. The van der Waals surface area contributed by atoms with Crippen molar-refractivity contribution < 1.29 is 137 Å². The molecule has 2 saturated heterocycles. The summed E-state index contributed by atoms with van der Waals surface area (Å²) in [6.07, 6.45) is -24.0. The summed E-state index contributed by atoms with van der Waals surface area (Å²) in [7, 11) is 1.28. The van der Waals surface area contributed by atoms with Crippen molar-refractivity contribution in [3.63, 3.8) is 0 Å². The fourth-order valence-corrected chi connectivity index (χ4v) is 14.3. The number of aromatic hydroxyl groups is 3. The first-order valence-electron chi connectivity index (χ1n) is 36.5. The fraction of sp³-hybridized carbons (Fsp3) is 0.487. The van der Waals surface area contributed by atoms with E-state index in [0.29, 0.717) is 0 Å². The van der Waals surface area contributed by atoms with Gasteiger partial charge in [-0.25, -0.2) is 14.4 Å². The van der Waals surface area contributed by atoms with E-state index in [9.17, 15) is 75.0 Å². The molecular weight excluding hydrogens is 1520 g/mol. The minimum atomic E-state index is -2.30. The number of ether oxygens (including phenoxy) is 8. The highest BCUT2D eigenvalue weighted by Gasteiger charge is 2.51. The normalized spacial score (nSPS) is 27.7. The van der Waals surface area contributed by atoms with Gasteiger partial charge in [-0.1, -0.05) is 49.7 Å². The molecule has 0 radical (unpaired) electrons. The largest absolute Gasteiger partial charge is 0.508 e.